The molecule has 0 spiro atoms. The molecule has 0 aromatic rings. The lowest BCUT2D eigenvalue weighted by Crippen LogP contribution is -2.28. The van der Waals surface area contributed by atoms with Gasteiger partial charge in [0.05, 0.1) is 6.61 Å². The van der Waals surface area contributed by atoms with E-state index in [-0.39, 0.29) is 6.61 Å². The van der Waals surface area contributed by atoms with E-state index in [2.05, 4.69) is 11.5 Å². The van der Waals surface area contributed by atoms with Gasteiger partial charge in [0, 0.05) is 13.1 Å². The Kier molecular flexibility index (Phi) is 10.4. The van der Waals surface area contributed by atoms with Gasteiger partial charge < -0.3 is 10.8 Å². The number of unbranched alkanes of at least 4 members (excludes halogenated alkanes) is 3. The highest BCUT2D eigenvalue weighted by atomic mass is 16.3. The van der Waals surface area contributed by atoms with Crippen molar-refractivity contribution in [2.75, 3.05) is 32.8 Å². The topological polar surface area (TPSA) is 49.5 Å². The van der Waals surface area contributed by atoms with E-state index in [1.54, 1.807) is 0 Å². The fourth-order valence-electron chi connectivity index (χ4n) is 1.45. The van der Waals surface area contributed by atoms with Crippen LogP contribution < -0.4 is 5.73 Å². The van der Waals surface area contributed by atoms with Crippen LogP contribution >= 0.6 is 0 Å². The van der Waals surface area contributed by atoms with E-state index in [1.165, 1.54) is 19.3 Å². The summed E-state index contributed by atoms with van der Waals surface area (Å²) in [6.45, 7) is 7.41. The second kappa shape index (κ2) is 10.7. The summed E-state index contributed by atoms with van der Waals surface area (Å²) in [6, 6.07) is 0. The van der Waals surface area contributed by atoms with Crippen LogP contribution in [0.3, 0.4) is 0 Å². The lowest BCUT2D eigenvalue weighted by atomic mass is 10.2. The van der Waals surface area contributed by atoms with Gasteiger partial charge in [-0.25, -0.2) is 0 Å². The molecule has 0 aromatic carbocycles. The Labute approximate surface area is 87.6 Å². The standard InChI is InChI=1S/C11H24N2O/c1-2-8-13(10-11-14)9-6-4-3-5-7-12/h2,14H,1,3-12H2. The number of aliphatic hydroxyl groups is 1. The molecule has 0 rings (SSSR count). The van der Waals surface area contributed by atoms with Gasteiger partial charge in [0.25, 0.3) is 0 Å². The first-order chi connectivity index (χ1) is 6.85. The number of rotatable bonds is 10. The molecule has 0 bridgehead atoms. The average Bonchev–Trinajstić information content (AvgIpc) is 2.18. The summed E-state index contributed by atoms with van der Waals surface area (Å²) in [5.41, 5.74) is 5.41. The Hall–Kier alpha value is -0.380. The van der Waals surface area contributed by atoms with Crippen molar-refractivity contribution >= 4 is 0 Å². The third-order valence-electron chi connectivity index (χ3n) is 2.23. The van der Waals surface area contributed by atoms with E-state index < -0.39 is 0 Å². The van der Waals surface area contributed by atoms with Gasteiger partial charge >= 0.3 is 0 Å². The normalized spacial score (nSPS) is 10.8. The largest absolute Gasteiger partial charge is 0.395 e. The van der Waals surface area contributed by atoms with Gasteiger partial charge in [0.2, 0.25) is 0 Å². The van der Waals surface area contributed by atoms with Gasteiger partial charge in [-0.05, 0) is 25.9 Å². The van der Waals surface area contributed by atoms with Crippen LogP contribution in [0.1, 0.15) is 25.7 Å². The van der Waals surface area contributed by atoms with Crippen molar-refractivity contribution in [1.29, 1.82) is 0 Å². The highest BCUT2D eigenvalue weighted by Crippen LogP contribution is 2.01. The third kappa shape index (κ3) is 8.23. The summed E-state index contributed by atoms with van der Waals surface area (Å²) in [5.74, 6) is 0. The number of hydrogen-bond donors (Lipinski definition) is 2. The van der Waals surface area contributed by atoms with Crippen LogP contribution in [0, 0.1) is 0 Å². The van der Waals surface area contributed by atoms with Crippen LogP contribution in [-0.2, 0) is 0 Å². The molecule has 0 aliphatic carbocycles. The van der Waals surface area contributed by atoms with E-state index in [9.17, 15) is 0 Å². The third-order valence-corrected chi connectivity index (χ3v) is 2.23. The molecule has 3 nitrogen and oxygen atoms in total. The molecule has 3 N–H and O–H groups in total. The quantitative estimate of drug-likeness (QED) is 0.408. The van der Waals surface area contributed by atoms with Crippen molar-refractivity contribution in [3.05, 3.63) is 12.7 Å². The molecular formula is C11H24N2O. The fourth-order valence-corrected chi connectivity index (χ4v) is 1.45. The molecule has 3 heteroatoms. The second-order valence-electron chi connectivity index (χ2n) is 3.52. The summed E-state index contributed by atoms with van der Waals surface area (Å²) >= 11 is 0. The zero-order valence-corrected chi connectivity index (χ0v) is 9.12. The van der Waals surface area contributed by atoms with Gasteiger partial charge in [0.1, 0.15) is 0 Å². The monoisotopic (exact) mass is 200 g/mol. The SMILES string of the molecule is C=CCN(CCO)CCCCCCN. The Morgan fingerprint density at radius 2 is 1.86 bits per heavy atom. The van der Waals surface area contributed by atoms with Crippen LogP contribution in [0.2, 0.25) is 0 Å². The molecule has 0 radical (unpaired) electrons. The minimum atomic E-state index is 0.233. The van der Waals surface area contributed by atoms with Crippen LogP contribution in [0.15, 0.2) is 12.7 Å². The number of aliphatic hydroxyl groups excluding tert-OH is 1. The molecule has 0 fully saturated rings. The summed E-state index contributed by atoms with van der Waals surface area (Å²) in [6.07, 6.45) is 6.65. The first-order valence-electron chi connectivity index (χ1n) is 5.49. The maximum absolute atomic E-state index is 8.81. The zero-order chi connectivity index (χ0) is 10.6. The Morgan fingerprint density at radius 1 is 1.14 bits per heavy atom. The van der Waals surface area contributed by atoms with Gasteiger partial charge in [-0.15, -0.1) is 6.58 Å². The molecule has 0 aliphatic rings. The predicted molar refractivity (Wildman–Crippen MR) is 61.2 cm³/mol. The van der Waals surface area contributed by atoms with Gasteiger partial charge in [-0.3, -0.25) is 4.90 Å². The van der Waals surface area contributed by atoms with Crippen LogP contribution in [0.5, 0.6) is 0 Å². The van der Waals surface area contributed by atoms with Gasteiger partial charge in [-0.1, -0.05) is 18.9 Å². The summed E-state index contributed by atoms with van der Waals surface area (Å²) in [7, 11) is 0. The fraction of sp³-hybridized carbons (Fsp3) is 0.818. The van der Waals surface area contributed by atoms with E-state index in [0.29, 0.717) is 0 Å². The zero-order valence-electron chi connectivity index (χ0n) is 9.12. The molecule has 0 heterocycles. The molecule has 0 unspecified atom stereocenters. The summed E-state index contributed by atoms with van der Waals surface area (Å²) in [5, 5.41) is 8.81. The molecule has 0 saturated heterocycles. The Morgan fingerprint density at radius 3 is 2.43 bits per heavy atom. The predicted octanol–water partition coefficient (Wildman–Crippen LogP) is 0.986. The van der Waals surface area contributed by atoms with Crippen molar-refractivity contribution in [3.63, 3.8) is 0 Å². The van der Waals surface area contributed by atoms with Crippen molar-refractivity contribution in [3.8, 4) is 0 Å². The lowest BCUT2D eigenvalue weighted by Gasteiger charge is -2.18. The van der Waals surface area contributed by atoms with Crippen LogP contribution in [-0.4, -0.2) is 42.8 Å². The molecule has 0 aliphatic heterocycles. The molecule has 14 heavy (non-hydrogen) atoms. The van der Waals surface area contributed by atoms with Crippen molar-refractivity contribution in [2.45, 2.75) is 25.7 Å². The highest BCUT2D eigenvalue weighted by molar-refractivity contribution is 4.73. The van der Waals surface area contributed by atoms with Crippen LogP contribution in [0.25, 0.3) is 0 Å². The minimum absolute atomic E-state index is 0.233. The summed E-state index contributed by atoms with van der Waals surface area (Å²) in [4.78, 5) is 2.22. The first kappa shape index (κ1) is 13.6. The van der Waals surface area contributed by atoms with E-state index in [0.717, 1.165) is 32.6 Å². The first-order valence-corrected chi connectivity index (χ1v) is 5.49. The van der Waals surface area contributed by atoms with Crippen molar-refractivity contribution < 1.29 is 5.11 Å². The van der Waals surface area contributed by atoms with E-state index in [1.807, 2.05) is 6.08 Å². The number of nitrogens with two attached hydrogens (primary N) is 1. The van der Waals surface area contributed by atoms with Crippen molar-refractivity contribution in [2.24, 2.45) is 5.73 Å². The molecule has 84 valence electrons. The van der Waals surface area contributed by atoms with Gasteiger partial charge in [-0.2, -0.15) is 0 Å². The van der Waals surface area contributed by atoms with Crippen molar-refractivity contribution in [1.82, 2.24) is 4.90 Å². The Bertz CT molecular complexity index is 128. The van der Waals surface area contributed by atoms with Gasteiger partial charge in [0.15, 0.2) is 0 Å². The number of hydrogen-bond acceptors (Lipinski definition) is 3. The summed E-state index contributed by atoms with van der Waals surface area (Å²) < 4.78 is 0. The van der Waals surface area contributed by atoms with E-state index >= 15 is 0 Å². The average molecular weight is 200 g/mol. The minimum Gasteiger partial charge on any atom is -0.395 e. The Balaban J connectivity index is 3.35. The molecule has 0 aromatic heterocycles. The molecular weight excluding hydrogens is 176 g/mol. The van der Waals surface area contributed by atoms with E-state index in [4.69, 9.17) is 10.8 Å². The highest BCUT2D eigenvalue weighted by Gasteiger charge is 2.00. The maximum atomic E-state index is 8.81. The second-order valence-corrected chi connectivity index (χ2v) is 3.52. The smallest absolute Gasteiger partial charge is 0.0558 e. The molecule has 0 amide bonds. The number of nitrogens with zero attached hydrogens (tertiary/aromatic N) is 1. The van der Waals surface area contributed by atoms with Crippen LogP contribution in [0.4, 0.5) is 0 Å². The maximum Gasteiger partial charge on any atom is 0.0558 e. The molecule has 0 saturated carbocycles. The molecule has 0 atom stereocenters. The lowest BCUT2D eigenvalue weighted by molar-refractivity contribution is 0.206.